The second kappa shape index (κ2) is 2.42. The van der Waals surface area contributed by atoms with E-state index in [9.17, 15) is 9.50 Å². The van der Waals surface area contributed by atoms with Crippen LogP contribution >= 0.6 is 0 Å². The van der Waals surface area contributed by atoms with Crippen LogP contribution in [0.3, 0.4) is 0 Å². The van der Waals surface area contributed by atoms with Crippen molar-refractivity contribution >= 4 is 0 Å². The van der Waals surface area contributed by atoms with Gasteiger partial charge in [0.2, 0.25) is 0 Å². The number of nitrogens with one attached hydrogen (secondary N) is 1. The molecule has 1 saturated heterocycles. The molecule has 1 aliphatic heterocycles. The van der Waals surface area contributed by atoms with E-state index in [0.29, 0.717) is 13.1 Å². The summed E-state index contributed by atoms with van der Waals surface area (Å²) < 4.78 is 12.2. The van der Waals surface area contributed by atoms with E-state index in [1.807, 2.05) is 0 Å². The molecule has 0 aliphatic carbocycles. The van der Waals surface area contributed by atoms with E-state index in [4.69, 9.17) is 0 Å². The third-order valence-electron chi connectivity index (χ3n) is 1.26. The lowest BCUT2D eigenvalue weighted by Gasteiger charge is -2.18. The molecule has 8 heavy (non-hydrogen) atoms. The van der Waals surface area contributed by atoms with Gasteiger partial charge in [0.15, 0.2) is 0 Å². The summed E-state index contributed by atoms with van der Waals surface area (Å²) in [6.45, 7) is 0.791. The van der Waals surface area contributed by atoms with Crippen LogP contribution in [0, 0.1) is 0 Å². The van der Waals surface area contributed by atoms with Crippen LogP contribution in [0.25, 0.3) is 0 Å². The molecule has 2 atom stereocenters. The van der Waals surface area contributed by atoms with Crippen LogP contribution in [0.1, 0.15) is 6.42 Å². The number of piperidine rings is 1. The first kappa shape index (κ1) is 5.98. The molecule has 0 amide bonds. The summed E-state index contributed by atoms with van der Waals surface area (Å²) in [6, 6.07) is 0. The van der Waals surface area contributed by atoms with Gasteiger partial charge in [-0.25, -0.2) is 9.50 Å². The van der Waals surface area contributed by atoms with Crippen LogP contribution in [0.4, 0.5) is 4.39 Å². The maximum absolute atomic E-state index is 12.2. The van der Waals surface area contributed by atoms with E-state index < -0.39 is 12.3 Å². The minimum absolute atomic E-state index is 0.188. The van der Waals surface area contributed by atoms with Crippen molar-refractivity contribution < 1.29 is 9.50 Å². The fourth-order valence-electron chi connectivity index (χ4n) is 0.853. The van der Waals surface area contributed by atoms with E-state index in [1.54, 1.807) is 0 Å². The summed E-state index contributed by atoms with van der Waals surface area (Å²) in [5, 5.41) is 13.2. The second-order valence-electron chi connectivity index (χ2n) is 2.11. The lowest BCUT2D eigenvalue weighted by Crippen LogP contribution is -2.39. The lowest BCUT2D eigenvalue weighted by molar-refractivity contribution is 0.0381. The van der Waals surface area contributed by atoms with Gasteiger partial charge in [-0.1, -0.05) is 0 Å². The summed E-state index contributed by atoms with van der Waals surface area (Å²) in [5.74, 6) is 0. The quantitative estimate of drug-likeness (QED) is 0.481. The molecule has 1 aliphatic rings. The highest BCUT2D eigenvalue weighted by molar-refractivity contribution is 4.73. The van der Waals surface area contributed by atoms with Crippen LogP contribution in [-0.4, -0.2) is 25.4 Å². The highest BCUT2D eigenvalue weighted by atomic mass is 19.1. The Kier molecular flexibility index (Phi) is 1.81. The Morgan fingerprint density at radius 2 is 2.25 bits per heavy atom. The van der Waals surface area contributed by atoms with Crippen LogP contribution in [-0.2, 0) is 5.11 Å². The van der Waals surface area contributed by atoms with Crippen LogP contribution in [0.2, 0.25) is 0 Å². The molecule has 47 valence electrons. The molecule has 1 heterocycles. The van der Waals surface area contributed by atoms with Gasteiger partial charge in [0, 0.05) is 19.5 Å². The molecule has 1 fully saturated rings. The molecule has 0 saturated carbocycles. The molecule has 1 N–H and O–H groups in total. The predicted octanol–water partition coefficient (Wildman–Crippen LogP) is 0.117. The Morgan fingerprint density at radius 1 is 1.50 bits per heavy atom. The number of alkyl halides is 1. The topological polar surface area (TPSA) is 31.9 Å². The first-order chi connectivity index (χ1) is 3.79. The first-order valence-corrected chi connectivity index (χ1v) is 2.79. The summed E-state index contributed by atoms with van der Waals surface area (Å²) in [5.41, 5.74) is 0. The van der Waals surface area contributed by atoms with Crippen molar-refractivity contribution in [2.75, 3.05) is 13.1 Å². The van der Waals surface area contributed by atoms with E-state index in [-0.39, 0.29) is 6.42 Å². The number of hydrogen-bond donors (Lipinski definition) is 1. The molecule has 0 aromatic carbocycles. The van der Waals surface area contributed by atoms with Crippen molar-refractivity contribution in [2.24, 2.45) is 0 Å². The average molecular weight is 118 g/mol. The normalized spacial score (nSPS) is 39.8. The third kappa shape index (κ3) is 1.42. The zero-order valence-corrected chi connectivity index (χ0v) is 4.56. The zero-order chi connectivity index (χ0) is 5.98. The van der Waals surface area contributed by atoms with Crippen molar-refractivity contribution in [2.45, 2.75) is 18.7 Å². The van der Waals surface area contributed by atoms with E-state index in [2.05, 4.69) is 5.32 Å². The maximum Gasteiger partial charge on any atom is 0.115 e. The molecule has 0 spiro atoms. The van der Waals surface area contributed by atoms with Gasteiger partial charge in [0.25, 0.3) is 0 Å². The monoisotopic (exact) mass is 118 g/mol. The Morgan fingerprint density at radius 3 is 2.62 bits per heavy atom. The van der Waals surface area contributed by atoms with E-state index in [0.717, 1.165) is 0 Å². The molecule has 2 unspecified atom stereocenters. The molecule has 0 bridgehead atoms. The van der Waals surface area contributed by atoms with Gasteiger partial charge in [0.05, 0.1) is 0 Å². The predicted molar refractivity (Wildman–Crippen MR) is 26.9 cm³/mol. The largest absolute Gasteiger partial charge is 0.311 e. The Labute approximate surface area is 47.7 Å². The third-order valence-corrected chi connectivity index (χ3v) is 1.26. The Hall–Kier alpha value is -0.150. The smallest absolute Gasteiger partial charge is 0.115 e. The van der Waals surface area contributed by atoms with Crippen molar-refractivity contribution in [1.82, 2.24) is 5.32 Å². The van der Waals surface area contributed by atoms with Gasteiger partial charge in [-0.15, -0.1) is 0 Å². The van der Waals surface area contributed by atoms with Crippen molar-refractivity contribution in [1.29, 1.82) is 0 Å². The summed E-state index contributed by atoms with van der Waals surface area (Å²) >= 11 is 0. The molecule has 2 nitrogen and oxygen atoms in total. The summed E-state index contributed by atoms with van der Waals surface area (Å²) in [4.78, 5) is 0. The molecular weight excluding hydrogens is 109 g/mol. The van der Waals surface area contributed by atoms with Gasteiger partial charge in [-0.3, -0.25) is 0 Å². The van der Waals surface area contributed by atoms with Gasteiger partial charge >= 0.3 is 0 Å². The number of hydrogen-bond acceptors (Lipinski definition) is 1. The fraction of sp³-hybridized carbons (Fsp3) is 1.00. The van der Waals surface area contributed by atoms with Crippen molar-refractivity contribution in [3.8, 4) is 0 Å². The van der Waals surface area contributed by atoms with E-state index >= 15 is 0 Å². The van der Waals surface area contributed by atoms with Crippen LogP contribution in [0.5, 0.6) is 0 Å². The van der Waals surface area contributed by atoms with Gasteiger partial charge in [-0.2, -0.15) is 0 Å². The lowest BCUT2D eigenvalue weighted by atomic mass is 10.1. The molecular formula is C5H9FNO. The van der Waals surface area contributed by atoms with Crippen molar-refractivity contribution in [3.05, 3.63) is 0 Å². The maximum atomic E-state index is 12.2. The van der Waals surface area contributed by atoms with Crippen LogP contribution < -0.4 is 5.32 Å². The summed E-state index contributed by atoms with van der Waals surface area (Å²) in [7, 11) is 0. The highest BCUT2D eigenvalue weighted by Crippen LogP contribution is 2.05. The molecule has 1 radical (unpaired) electrons. The number of rotatable bonds is 0. The molecule has 0 aromatic heterocycles. The average Bonchev–Trinajstić information content (AvgIpc) is 1.64. The van der Waals surface area contributed by atoms with Crippen molar-refractivity contribution in [3.63, 3.8) is 0 Å². The zero-order valence-electron chi connectivity index (χ0n) is 4.56. The Bertz CT molecular complexity index is 70.8. The molecule has 1 rings (SSSR count). The van der Waals surface area contributed by atoms with Gasteiger partial charge in [-0.05, 0) is 0 Å². The Balaban J connectivity index is 2.23. The standard InChI is InChI=1S/C5H9FNO/c6-4-1-5(8)3-7-2-4/h4-5,7H,1-3H2. The SMILES string of the molecule is [O]C1CNCC(F)C1. The number of halogens is 1. The summed E-state index contributed by atoms with van der Waals surface area (Å²) in [6.07, 6.45) is -1.45. The first-order valence-electron chi connectivity index (χ1n) is 2.79. The van der Waals surface area contributed by atoms with Gasteiger partial charge in [0.1, 0.15) is 12.3 Å². The minimum atomic E-state index is -0.911. The molecule has 3 heteroatoms. The minimum Gasteiger partial charge on any atom is -0.311 e. The highest BCUT2D eigenvalue weighted by Gasteiger charge is 2.19. The van der Waals surface area contributed by atoms with Gasteiger partial charge < -0.3 is 5.32 Å². The van der Waals surface area contributed by atoms with Crippen LogP contribution in [0.15, 0.2) is 0 Å². The van der Waals surface area contributed by atoms with E-state index in [1.165, 1.54) is 0 Å². The molecule has 0 aromatic rings. The second-order valence-corrected chi connectivity index (χ2v) is 2.11. The fourth-order valence-corrected chi connectivity index (χ4v) is 0.853.